The second-order valence-corrected chi connectivity index (χ2v) is 5.60. The summed E-state index contributed by atoms with van der Waals surface area (Å²) in [6, 6.07) is 6.22. The lowest BCUT2D eigenvalue weighted by molar-refractivity contribution is -0.165. The summed E-state index contributed by atoms with van der Waals surface area (Å²) in [4.78, 5) is 0. The number of halogens is 3. The minimum atomic E-state index is -4.36. The van der Waals surface area contributed by atoms with Crippen LogP contribution < -0.4 is 10.9 Å². The van der Waals surface area contributed by atoms with Gasteiger partial charge in [0.15, 0.2) is 0 Å². The molecule has 6 heteroatoms. The van der Waals surface area contributed by atoms with Crippen LogP contribution in [0.3, 0.4) is 0 Å². The number of benzene rings is 1. The average molecular weight is 274 g/mol. The zero-order chi connectivity index (χ0) is 14.3. The van der Waals surface area contributed by atoms with E-state index in [1.807, 2.05) is 20.8 Å². The van der Waals surface area contributed by atoms with Crippen LogP contribution in [-0.2, 0) is 17.0 Å². The third-order valence-electron chi connectivity index (χ3n) is 2.86. The Balaban J connectivity index is 2.08. The third-order valence-corrected chi connectivity index (χ3v) is 2.86. The number of alkyl halides is 3. The van der Waals surface area contributed by atoms with Gasteiger partial charge in [0, 0.05) is 0 Å². The Bertz CT molecular complexity index is 444. The van der Waals surface area contributed by atoms with Crippen LogP contribution in [0.15, 0.2) is 24.3 Å². The fourth-order valence-corrected chi connectivity index (χ4v) is 1.66. The zero-order valence-electron chi connectivity index (χ0n) is 11.1. The highest BCUT2D eigenvalue weighted by molar-refractivity contribution is 5.32. The van der Waals surface area contributed by atoms with Crippen LogP contribution in [-0.4, -0.2) is 11.8 Å². The number of nitrogens with one attached hydrogen (secondary N) is 2. The van der Waals surface area contributed by atoms with E-state index in [2.05, 4.69) is 10.9 Å². The lowest BCUT2D eigenvalue weighted by atomic mass is 10.0. The van der Waals surface area contributed by atoms with Crippen LogP contribution in [0.25, 0.3) is 0 Å². The summed E-state index contributed by atoms with van der Waals surface area (Å²) >= 11 is 0. The summed E-state index contributed by atoms with van der Waals surface area (Å²) in [5, 5.41) is 0. The van der Waals surface area contributed by atoms with Gasteiger partial charge in [0.05, 0.1) is 12.2 Å². The summed E-state index contributed by atoms with van der Waals surface area (Å²) in [5.74, 6) is 0. The van der Waals surface area contributed by atoms with Crippen molar-refractivity contribution < 1.29 is 17.9 Å². The van der Waals surface area contributed by atoms with Gasteiger partial charge in [-0.15, -0.1) is 0 Å². The van der Waals surface area contributed by atoms with Crippen molar-refractivity contribution in [2.24, 2.45) is 0 Å². The summed E-state index contributed by atoms with van der Waals surface area (Å²) in [6.45, 7) is 6.16. The van der Waals surface area contributed by atoms with E-state index < -0.39 is 11.8 Å². The molecule has 0 bridgehead atoms. The predicted octanol–water partition coefficient (Wildman–Crippen LogP) is 2.82. The molecule has 1 saturated heterocycles. The van der Waals surface area contributed by atoms with Gasteiger partial charge in [-0.1, -0.05) is 24.3 Å². The molecule has 0 amide bonds. The predicted molar refractivity (Wildman–Crippen MR) is 65.0 cm³/mol. The zero-order valence-corrected chi connectivity index (χ0v) is 11.1. The number of rotatable bonds is 3. The normalized spacial score (nSPS) is 18.4. The summed E-state index contributed by atoms with van der Waals surface area (Å²) in [7, 11) is 0. The Morgan fingerprint density at radius 2 is 1.58 bits per heavy atom. The maximum Gasteiger partial charge on any atom is 0.426 e. The first-order valence-electron chi connectivity index (χ1n) is 5.98. The molecular weight excluding hydrogens is 257 g/mol. The molecule has 1 aliphatic heterocycles. The second-order valence-electron chi connectivity index (χ2n) is 5.60. The fraction of sp³-hybridized carbons (Fsp3) is 0.538. The van der Waals surface area contributed by atoms with Gasteiger partial charge in [0.1, 0.15) is 0 Å². The van der Waals surface area contributed by atoms with Crippen molar-refractivity contribution >= 4 is 0 Å². The highest BCUT2D eigenvalue weighted by Gasteiger charge is 2.65. The van der Waals surface area contributed by atoms with Crippen molar-refractivity contribution in [1.29, 1.82) is 0 Å². The lowest BCUT2D eigenvalue weighted by Crippen LogP contribution is -2.34. The number of hydrazine groups is 1. The van der Waals surface area contributed by atoms with Gasteiger partial charge < -0.3 is 4.74 Å². The Morgan fingerprint density at radius 3 is 1.95 bits per heavy atom. The van der Waals surface area contributed by atoms with Crippen molar-refractivity contribution in [2.75, 3.05) is 0 Å². The third kappa shape index (κ3) is 3.08. The quantitative estimate of drug-likeness (QED) is 0.833. The SMILES string of the molecule is CC(C)(C)OCc1ccc(C2(C(F)(F)F)NN2)cc1. The van der Waals surface area contributed by atoms with E-state index in [1.165, 1.54) is 12.1 Å². The smallest absolute Gasteiger partial charge is 0.371 e. The minimum Gasteiger partial charge on any atom is -0.371 e. The summed E-state index contributed by atoms with van der Waals surface area (Å²) < 4.78 is 44.1. The van der Waals surface area contributed by atoms with Crippen LogP contribution in [0.1, 0.15) is 31.9 Å². The van der Waals surface area contributed by atoms with Crippen molar-refractivity contribution in [3.05, 3.63) is 35.4 Å². The molecule has 0 spiro atoms. The van der Waals surface area contributed by atoms with Gasteiger partial charge in [-0.05, 0) is 31.9 Å². The molecular formula is C13H17F3N2O. The van der Waals surface area contributed by atoms with E-state index in [-0.39, 0.29) is 11.2 Å². The van der Waals surface area contributed by atoms with Crippen LogP contribution in [0.5, 0.6) is 0 Å². The van der Waals surface area contributed by atoms with Crippen LogP contribution in [0.2, 0.25) is 0 Å². The Labute approximate surface area is 110 Å². The molecule has 2 rings (SSSR count). The van der Waals surface area contributed by atoms with Gasteiger partial charge in [0.25, 0.3) is 0 Å². The molecule has 1 fully saturated rings. The Hall–Kier alpha value is -1.11. The van der Waals surface area contributed by atoms with Gasteiger partial charge >= 0.3 is 6.18 Å². The topological polar surface area (TPSA) is 53.1 Å². The largest absolute Gasteiger partial charge is 0.426 e. The van der Waals surface area contributed by atoms with E-state index in [0.717, 1.165) is 5.56 Å². The molecule has 1 aromatic carbocycles. The first kappa shape index (κ1) is 14.3. The summed E-state index contributed by atoms with van der Waals surface area (Å²) in [5.41, 5.74) is 2.98. The molecule has 0 saturated carbocycles. The Kier molecular flexibility index (Phi) is 3.36. The fourth-order valence-electron chi connectivity index (χ4n) is 1.66. The van der Waals surface area contributed by atoms with E-state index >= 15 is 0 Å². The van der Waals surface area contributed by atoms with Crippen LogP contribution in [0.4, 0.5) is 13.2 Å². The van der Waals surface area contributed by atoms with Gasteiger partial charge in [-0.25, -0.2) is 10.9 Å². The van der Waals surface area contributed by atoms with Crippen LogP contribution >= 0.6 is 0 Å². The van der Waals surface area contributed by atoms with Gasteiger partial charge in [-0.2, -0.15) is 13.2 Å². The molecule has 0 unspecified atom stereocenters. The molecule has 0 aliphatic carbocycles. The van der Waals surface area contributed by atoms with Crippen LogP contribution in [0, 0.1) is 0 Å². The van der Waals surface area contributed by atoms with E-state index in [9.17, 15) is 13.2 Å². The van der Waals surface area contributed by atoms with E-state index in [4.69, 9.17) is 4.74 Å². The maximum atomic E-state index is 12.8. The van der Waals surface area contributed by atoms with E-state index in [0.29, 0.717) is 6.61 Å². The number of hydrogen-bond acceptors (Lipinski definition) is 3. The number of ether oxygens (including phenoxy) is 1. The average Bonchev–Trinajstić information content (AvgIpc) is 3.06. The second kappa shape index (κ2) is 4.47. The van der Waals surface area contributed by atoms with Crippen molar-refractivity contribution in [2.45, 2.75) is 44.8 Å². The van der Waals surface area contributed by atoms with Gasteiger partial charge in [0.2, 0.25) is 5.66 Å². The van der Waals surface area contributed by atoms with Crippen molar-refractivity contribution in [1.82, 2.24) is 10.9 Å². The van der Waals surface area contributed by atoms with E-state index in [1.54, 1.807) is 12.1 Å². The molecule has 0 atom stereocenters. The molecule has 0 radical (unpaired) electrons. The van der Waals surface area contributed by atoms with Gasteiger partial charge in [-0.3, -0.25) is 0 Å². The molecule has 0 aromatic heterocycles. The monoisotopic (exact) mass is 274 g/mol. The molecule has 1 aliphatic rings. The standard InChI is InChI=1S/C13H17F3N2O/c1-11(2,3)19-8-9-4-6-10(7-5-9)12(17-18-12)13(14,15)16/h4-7,17-18H,8H2,1-3H3. The Morgan fingerprint density at radius 1 is 1.05 bits per heavy atom. The molecule has 2 N–H and O–H groups in total. The lowest BCUT2D eigenvalue weighted by Gasteiger charge is -2.20. The molecule has 1 heterocycles. The molecule has 1 aromatic rings. The highest BCUT2D eigenvalue weighted by atomic mass is 19.4. The summed E-state index contributed by atoms with van der Waals surface area (Å²) in [6.07, 6.45) is -4.36. The number of hydrogen-bond donors (Lipinski definition) is 2. The minimum absolute atomic E-state index is 0.152. The molecule has 3 nitrogen and oxygen atoms in total. The first-order chi connectivity index (χ1) is 8.64. The molecule has 106 valence electrons. The van der Waals surface area contributed by atoms with Crippen molar-refractivity contribution in [3.63, 3.8) is 0 Å². The maximum absolute atomic E-state index is 12.8. The molecule has 19 heavy (non-hydrogen) atoms. The van der Waals surface area contributed by atoms with Crippen molar-refractivity contribution in [3.8, 4) is 0 Å². The first-order valence-corrected chi connectivity index (χ1v) is 5.98. The highest BCUT2D eigenvalue weighted by Crippen LogP contribution is 2.41.